The molecule has 1 aromatic carbocycles. The normalized spacial score (nSPS) is 10.8. The maximum absolute atomic E-state index is 10.9. The number of aromatic carboxylic acids is 1. The number of fused-ring (bicyclic) bond motifs is 1. The van der Waals surface area contributed by atoms with E-state index in [0.717, 1.165) is 10.0 Å². The highest BCUT2D eigenvalue weighted by Gasteiger charge is 2.11. The van der Waals surface area contributed by atoms with Gasteiger partial charge >= 0.3 is 5.97 Å². The number of carboxylic acid groups (broad SMARTS) is 1. The monoisotopic (exact) mass is 318 g/mol. The van der Waals surface area contributed by atoms with Crippen molar-refractivity contribution in [2.45, 2.75) is 0 Å². The third-order valence-electron chi connectivity index (χ3n) is 2.59. The van der Waals surface area contributed by atoms with E-state index in [2.05, 4.69) is 25.9 Å². The number of oxazole rings is 1. The molecule has 2 aromatic heterocycles. The average Bonchev–Trinajstić information content (AvgIpc) is 2.81. The molecular weight excluding hydrogens is 312 g/mol. The van der Waals surface area contributed by atoms with Gasteiger partial charge in [-0.1, -0.05) is 0 Å². The maximum atomic E-state index is 10.9. The first-order valence-electron chi connectivity index (χ1n) is 5.38. The molecule has 1 N–H and O–H groups in total. The quantitative estimate of drug-likeness (QED) is 0.784. The molecule has 3 aromatic rings. The predicted octanol–water partition coefficient (Wildman–Crippen LogP) is 3.35. The molecule has 0 radical (unpaired) electrons. The summed E-state index contributed by atoms with van der Waals surface area (Å²) in [6.45, 7) is 0. The molecule has 0 atom stereocenters. The van der Waals surface area contributed by atoms with Crippen LogP contribution in [0.2, 0.25) is 0 Å². The number of carboxylic acids is 1. The smallest absolute Gasteiger partial charge is 0.335 e. The minimum Gasteiger partial charge on any atom is -0.478 e. The fourth-order valence-electron chi connectivity index (χ4n) is 1.71. The Bertz CT molecular complexity index is 782. The van der Waals surface area contributed by atoms with E-state index in [1.165, 1.54) is 12.1 Å². The fourth-order valence-corrected chi connectivity index (χ4v) is 2.08. The van der Waals surface area contributed by atoms with Gasteiger partial charge in [-0.3, -0.25) is 4.98 Å². The molecule has 0 fully saturated rings. The number of nitrogens with zero attached hydrogens (tertiary/aromatic N) is 2. The van der Waals surface area contributed by atoms with Gasteiger partial charge in [-0.05, 0) is 40.2 Å². The van der Waals surface area contributed by atoms with Crippen LogP contribution in [0, 0.1) is 0 Å². The van der Waals surface area contributed by atoms with Gasteiger partial charge in [-0.2, -0.15) is 0 Å². The number of hydrogen-bond acceptors (Lipinski definition) is 4. The number of halogens is 1. The van der Waals surface area contributed by atoms with Crippen molar-refractivity contribution in [2.75, 3.05) is 0 Å². The third-order valence-corrected chi connectivity index (χ3v) is 3.02. The topological polar surface area (TPSA) is 76.2 Å². The number of benzene rings is 1. The van der Waals surface area contributed by atoms with Gasteiger partial charge in [0.15, 0.2) is 5.58 Å². The highest BCUT2D eigenvalue weighted by molar-refractivity contribution is 9.10. The lowest BCUT2D eigenvalue weighted by atomic mass is 10.2. The Hall–Kier alpha value is -2.21. The Morgan fingerprint density at radius 2 is 2.11 bits per heavy atom. The Balaban J connectivity index is 2.14. The van der Waals surface area contributed by atoms with E-state index >= 15 is 0 Å². The van der Waals surface area contributed by atoms with Gasteiger partial charge in [-0.15, -0.1) is 0 Å². The van der Waals surface area contributed by atoms with Crippen molar-refractivity contribution in [3.05, 3.63) is 46.7 Å². The molecule has 0 aliphatic rings. The van der Waals surface area contributed by atoms with Crippen LogP contribution in [0.25, 0.3) is 22.6 Å². The van der Waals surface area contributed by atoms with Crippen LogP contribution in [-0.4, -0.2) is 21.0 Å². The van der Waals surface area contributed by atoms with Crippen molar-refractivity contribution < 1.29 is 14.3 Å². The zero-order valence-electron chi connectivity index (χ0n) is 9.50. The first-order valence-corrected chi connectivity index (χ1v) is 6.17. The molecule has 0 unspecified atom stereocenters. The summed E-state index contributed by atoms with van der Waals surface area (Å²) in [6, 6.07) is 6.39. The van der Waals surface area contributed by atoms with E-state index in [0.29, 0.717) is 17.0 Å². The van der Waals surface area contributed by atoms with Gasteiger partial charge in [0.1, 0.15) is 5.52 Å². The molecule has 0 saturated heterocycles. The Labute approximate surface area is 116 Å². The van der Waals surface area contributed by atoms with Crippen molar-refractivity contribution in [1.29, 1.82) is 0 Å². The van der Waals surface area contributed by atoms with Crippen LogP contribution >= 0.6 is 15.9 Å². The molecule has 0 aliphatic carbocycles. The molecule has 0 aliphatic heterocycles. The maximum Gasteiger partial charge on any atom is 0.335 e. The van der Waals surface area contributed by atoms with Crippen LogP contribution in [0.3, 0.4) is 0 Å². The van der Waals surface area contributed by atoms with E-state index in [1.54, 1.807) is 18.5 Å². The highest BCUT2D eigenvalue weighted by Crippen LogP contribution is 2.26. The molecule has 5 nitrogen and oxygen atoms in total. The van der Waals surface area contributed by atoms with Gasteiger partial charge in [0.05, 0.1) is 11.1 Å². The lowest BCUT2D eigenvalue weighted by Gasteiger charge is -1.94. The number of hydrogen-bond donors (Lipinski definition) is 1. The third kappa shape index (κ3) is 2.22. The summed E-state index contributed by atoms with van der Waals surface area (Å²) in [5.41, 5.74) is 1.96. The number of aromatic nitrogens is 2. The van der Waals surface area contributed by atoms with Crippen LogP contribution in [0.1, 0.15) is 10.4 Å². The van der Waals surface area contributed by atoms with E-state index in [4.69, 9.17) is 9.52 Å². The summed E-state index contributed by atoms with van der Waals surface area (Å²) in [4.78, 5) is 19.2. The zero-order valence-corrected chi connectivity index (χ0v) is 11.1. The predicted molar refractivity (Wildman–Crippen MR) is 71.9 cm³/mol. The van der Waals surface area contributed by atoms with Crippen molar-refractivity contribution in [3.63, 3.8) is 0 Å². The summed E-state index contributed by atoms with van der Waals surface area (Å²) in [5.74, 6) is -0.582. The summed E-state index contributed by atoms with van der Waals surface area (Å²) in [7, 11) is 0. The van der Waals surface area contributed by atoms with Gasteiger partial charge in [-0.25, -0.2) is 9.78 Å². The number of rotatable bonds is 2. The number of pyridine rings is 1. The van der Waals surface area contributed by atoms with Gasteiger partial charge in [0, 0.05) is 16.9 Å². The minimum atomic E-state index is -0.990. The highest BCUT2D eigenvalue weighted by atomic mass is 79.9. The van der Waals surface area contributed by atoms with Crippen LogP contribution in [0.15, 0.2) is 45.5 Å². The van der Waals surface area contributed by atoms with Crippen LogP contribution in [-0.2, 0) is 0 Å². The molecular formula is C13H7BrN2O3. The largest absolute Gasteiger partial charge is 0.478 e. The van der Waals surface area contributed by atoms with Crippen LogP contribution < -0.4 is 0 Å². The minimum absolute atomic E-state index is 0.180. The summed E-state index contributed by atoms with van der Waals surface area (Å²) < 4.78 is 6.40. The second-order valence-electron chi connectivity index (χ2n) is 3.90. The molecule has 0 bridgehead atoms. The van der Waals surface area contributed by atoms with Crippen LogP contribution in [0.4, 0.5) is 0 Å². The van der Waals surface area contributed by atoms with Crippen molar-refractivity contribution in [2.24, 2.45) is 0 Å². The Morgan fingerprint density at radius 3 is 2.84 bits per heavy atom. The number of carbonyl (C=O) groups is 1. The van der Waals surface area contributed by atoms with E-state index < -0.39 is 5.97 Å². The lowest BCUT2D eigenvalue weighted by Crippen LogP contribution is -1.94. The molecule has 0 spiro atoms. The molecule has 94 valence electrons. The van der Waals surface area contributed by atoms with E-state index in [-0.39, 0.29) is 5.56 Å². The second kappa shape index (κ2) is 4.47. The molecule has 0 saturated carbocycles. The van der Waals surface area contributed by atoms with Crippen molar-refractivity contribution in [3.8, 4) is 11.5 Å². The SMILES string of the molecule is O=C(O)c1ccc2oc(-c3cncc(Br)c3)nc2c1. The van der Waals surface area contributed by atoms with E-state index in [9.17, 15) is 4.79 Å². The molecule has 0 amide bonds. The van der Waals surface area contributed by atoms with Crippen LogP contribution in [0.5, 0.6) is 0 Å². The summed E-state index contributed by atoms with van der Waals surface area (Å²) in [6.07, 6.45) is 3.29. The van der Waals surface area contributed by atoms with Crippen molar-refractivity contribution in [1.82, 2.24) is 9.97 Å². The zero-order chi connectivity index (χ0) is 13.4. The standard InChI is InChI=1S/C13H7BrN2O3/c14-9-3-8(5-15-6-9)12-16-10-4-7(13(17)18)1-2-11(10)19-12/h1-6H,(H,17,18). The molecule has 2 heterocycles. The van der Waals surface area contributed by atoms with E-state index in [1.807, 2.05) is 6.07 Å². The van der Waals surface area contributed by atoms with Crippen molar-refractivity contribution >= 4 is 33.0 Å². The first kappa shape index (κ1) is 11.9. The van der Waals surface area contributed by atoms with Gasteiger partial charge in [0.2, 0.25) is 5.89 Å². The second-order valence-corrected chi connectivity index (χ2v) is 4.81. The Morgan fingerprint density at radius 1 is 1.26 bits per heavy atom. The summed E-state index contributed by atoms with van der Waals surface area (Å²) in [5, 5.41) is 8.93. The lowest BCUT2D eigenvalue weighted by molar-refractivity contribution is 0.0697. The first-order chi connectivity index (χ1) is 9.13. The van der Waals surface area contributed by atoms with Gasteiger partial charge in [0.25, 0.3) is 0 Å². The molecule has 19 heavy (non-hydrogen) atoms. The molecule has 6 heteroatoms. The van der Waals surface area contributed by atoms with Gasteiger partial charge < -0.3 is 9.52 Å². The fraction of sp³-hybridized carbons (Fsp3) is 0. The molecule has 3 rings (SSSR count). The average molecular weight is 319 g/mol. The Kier molecular flexibility index (Phi) is 2.79. The summed E-state index contributed by atoms with van der Waals surface area (Å²) >= 11 is 3.32.